The van der Waals surface area contributed by atoms with Gasteiger partial charge >= 0.3 is 15.6 Å². The third-order valence-corrected chi connectivity index (χ3v) is 3.25. The number of hydrogen-bond acceptors (Lipinski definition) is 5. The molecule has 2 heterocycles. The molecule has 2 aromatic rings. The molecule has 0 aromatic carbocycles. The Balaban J connectivity index is 2.35. The molecule has 0 spiro atoms. The zero-order valence-corrected chi connectivity index (χ0v) is 10.8. The van der Waals surface area contributed by atoms with E-state index in [-0.39, 0.29) is 5.69 Å². The standard InChI is InChI=1S/C10H8F3N3O3S/c1-16-9(19-20(17,18)10(11,12)13)6-8(15-16)7-2-4-14-5-3-7/h2-6H,1H3. The lowest BCUT2D eigenvalue weighted by molar-refractivity contribution is -0.0502. The summed E-state index contributed by atoms with van der Waals surface area (Å²) in [6, 6.07) is 4.24. The van der Waals surface area contributed by atoms with Crippen LogP contribution in [-0.4, -0.2) is 28.7 Å². The Morgan fingerprint density at radius 3 is 2.40 bits per heavy atom. The molecule has 0 bridgehead atoms. The minimum absolute atomic E-state index is 0.266. The number of aromatic nitrogens is 3. The average molecular weight is 307 g/mol. The fourth-order valence-electron chi connectivity index (χ4n) is 1.35. The van der Waals surface area contributed by atoms with E-state index in [9.17, 15) is 21.6 Å². The van der Waals surface area contributed by atoms with E-state index in [4.69, 9.17) is 0 Å². The molecule has 0 saturated heterocycles. The van der Waals surface area contributed by atoms with E-state index in [1.54, 1.807) is 12.1 Å². The van der Waals surface area contributed by atoms with Gasteiger partial charge in [0.2, 0.25) is 5.88 Å². The first-order chi connectivity index (χ1) is 9.21. The number of halogens is 3. The maximum atomic E-state index is 12.2. The number of nitrogens with zero attached hydrogens (tertiary/aromatic N) is 3. The smallest absolute Gasteiger partial charge is 0.356 e. The molecule has 20 heavy (non-hydrogen) atoms. The minimum atomic E-state index is -5.72. The van der Waals surface area contributed by atoms with Crippen LogP contribution in [-0.2, 0) is 17.2 Å². The minimum Gasteiger partial charge on any atom is -0.356 e. The molecule has 0 N–H and O–H groups in total. The van der Waals surface area contributed by atoms with Crippen molar-refractivity contribution in [2.75, 3.05) is 0 Å². The van der Waals surface area contributed by atoms with E-state index >= 15 is 0 Å². The summed E-state index contributed by atoms with van der Waals surface area (Å²) in [5.74, 6) is -0.533. The lowest BCUT2D eigenvalue weighted by atomic mass is 10.2. The maximum Gasteiger partial charge on any atom is 0.534 e. The third-order valence-electron chi connectivity index (χ3n) is 2.29. The van der Waals surface area contributed by atoms with Gasteiger partial charge < -0.3 is 4.18 Å². The molecule has 0 unspecified atom stereocenters. The normalized spacial score (nSPS) is 12.4. The molecule has 0 fully saturated rings. The molecule has 0 atom stereocenters. The third kappa shape index (κ3) is 2.74. The van der Waals surface area contributed by atoms with Gasteiger partial charge in [-0.1, -0.05) is 0 Å². The van der Waals surface area contributed by atoms with E-state index < -0.39 is 21.5 Å². The van der Waals surface area contributed by atoms with Gasteiger partial charge in [-0.05, 0) is 12.1 Å². The number of rotatable bonds is 3. The first-order valence-electron chi connectivity index (χ1n) is 5.16. The first-order valence-corrected chi connectivity index (χ1v) is 6.57. The lowest BCUT2D eigenvalue weighted by Gasteiger charge is -2.08. The molecule has 0 aliphatic heterocycles. The Bertz CT molecular complexity index is 710. The van der Waals surface area contributed by atoms with Crippen LogP contribution in [0.1, 0.15) is 0 Å². The summed E-state index contributed by atoms with van der Waals surface area (Å²) in [6.45, 7) is 0. The maximum absolute atomic E-state index is 12.2. The van der Waals surface area contributed by atoms with Gasteiger partial charge in [-0.2, -0.15) is 26.7 Å². The molecule has 10 heteroatoms. The molecule has 0 amide bonds. The molecule has 2 aromatic heterocycles. The second-order valence-electron chi connectivity index (χ2n) is 3.71. The second-order valence-corrected chi connectivity index (χ2v) is 5.25. The highest BCUT2D eigenvalue weighted by atomic mass is 32.2. The van der Waals surface area contributed by atoms with E-state index in [1.807, 2.05) is 0 Å². The summed E-state index contributed by atoms with van der Waals surface area (Å²) in [5.41, 5.74) is -4.66. The molecule has 6 nitrogen and oxygen atoms in total. The predicted octanol–water partition coefficient (Wildman–Crippen LogP) is 1.71. The van der Waals surface area contributed by atoms with Crippen LogP contribution >= 0.6 is 0 Å². The van der Waals surface area contributed by atoms with Crippen LogP contribution in [0.2, 0.25) is 0 Å². The van der Waals surface area contributed by atoms with Crippen molar-refractivity contribution in [1.82, 2.24) is 14.8 Å². The fourth-order valence-corrected chi connectivity index (χ4v) is 1.83. The molecular weight excluding hydrogens is 299 g/mol. The van der Waals surface area contributed by atoms with Gasteiger partial charge in [-0.3, -0.25) is 4.98 Å². The Morgan fingerprint density at radius 2 is 1.85 bits per heavy atom. The summed E-state index contributed by atoms with van der Waals surface area (Å²) < 4.78 is 63.5. The van der Waals surface area contributed by atoms with Crippen molar-refractivity contribution >= 4 is 10.1 Å². The Kier molecular flexibility index (Phi) is 3.42. The Hall–Kier alpha value is -2.10. The van der Waals surface area contributed by atoms with Gasteiger partial charge in [0.25, 0.3) is 0 Å². The van der Waals surface area contributed by atoms with Gasteiger partial charge in [0.1, 0.15) is 0 Å². The van der Waals surface area contributed by atoms with Crippen LogP contribution in [0.3, 0.4) is 0 Å². The molecule has 108 valence electrons. The highest BCUT2D eigenvalue weighted by Gasteiger charge is 2.49. The van der Waals surface area contributed by atoms with Gasteiger partial charge in [0.05, 0.1) is 5.69 Å². The van der Waals surface area contributed by atoms with Gasteiger partial charge in [0.15, 0.2) is 0 Å². The number of pyridine rings is 1. The van der Waals surface area contributed by atoms with E-state index in [0.717, 1.165) is 10.7 Å². The van der Waals surface area contributed by atoms with Gasteiger partial charge in [0, 0.05) is 31.1 Å². The largest absolute Gasteiger partial charge is 0.534 e. The quantitative estimate of drug-likeness (QED) is 0.637. The lowest BCUT2D eigenvalue weighted by Crippen LogP contribution is -2.28. The van der Waals surface area contributed by atoms with Crippen molar-refractivity contribution in [2.24, 2.45) is 7.05 Å². The molecule has 0 aliphatic carbocycles. The van der Waals surface area contributed by atoms with Crippen molar-refractivity contribution in [2.45, 2.75) is 5.51 Å². The zero-order chi connectivity index (χ0) is 15.0. The molecule has 2 rings (SSSR count). The van der Waals surface area contributed by atoms with Crippen LogP contribution < -0.4 is 4.18 Å². The Labute approximate surface area is 111 Å². The van der Waals surface area contributed by atoms with Gasteiger partial charge in [-0.25, -0.2) is 4.68 Å². The summed E-state index contributed by atoms with van der Waals surface area (Å²) in [4.78, 5) is 3.78. The summed E-state index contributed by atoms with van der Waals surface area (Å²) >= 11 is 0. The number of aryl methyl sites for hydroxylation is 1. The van der Waals surface area contributed by atoms with Crippen molar-refractivity contribution in [3.63, 3.8) is 0 Å². The van der Waals surface area contributed by atoms with Crippen LogP contribution in [0.4, 0.5) is 13.2 Å². The Morgan fingerprint density at radius 1 is 1.25 bits per heavy atom. The van der Waals surface area contributed by atoms with Crippen molar-refractivity contribution in [3.05, 3.63) is 30.6 Å². The summed E-state index contributed by atoms with van der Waals surface area (Å²) in [5, 5.41) is 3.88. The molecule has 0 aliphatic rings. The topological polar surface area (TPSA) is 74.1 Å². The van der Waals surface area contributed by atoms with Crippen molar-refractivity contribution in [1.29, 1.82) is 0 Å². The highest BCUT2D eigenvalue weighted by Crippen LogP contribution is 2.29. The van der Waals surface area contributed by atoms with Crippen LogP contribution in [0.5, 0.6) is 5.88 Å². The SMILES string of the molecule is Cn1nc(-c2ccncc2)cc1OS(=O)(=O)C(F)(F)F. The van der Waals surface area contributed by atoms with E-state index in [0.29, 0.717) is 5.56 Å². The monoisotopic (exact) mass is 307 g/mol. The first kappa shape index (κ1) is 14.3. The van der Waals surface area contributed by atoms with Crippen LogP contribution in [0, 0.1) is 0 Å². The number of hydrogen-bond donors (Lipinski definition) is 0. The summed E-state index contributed by atoms with van der Waals surface area (Å²) in [7, 11) is -4.45. The van der Waals surface area contributed by atoms with E-state index in [1.165, 1.54) is 19.4 Å². The average Bonchev–Trinajstić information content (AvgIpc) is 2.70. The van der Waals surface area contributed by atoms with Crippen LogP contribution in [0.15, 0.2) is 30.6 Å². The van der Waals surface area contributed by atoms with Gasteiger partial charge in [-0.15, -0.1) is 0 Å². The molecule has 0 saturated carbocycles. The zero-order valence-electron chi connectivity index (χ0n) is 10.00. The molecular formula is C10H8F3N3O3S. The summed E-state index contributed by atoms with van der Waals surface area (Å²) in [6.07, 6.45) is 2.94. The fraction of sp³-hybridized carbons (Fsp3) is 0.200. The predicted molar refractivity (Wildman–Crippen MR) is 62.0 cm³/mol. The molecule has 0 radical (unpaired) electrons. The van der Waals surface area contributed by atoms with E-state index in [2.05, 4.69) is 14.3 Å². The number of alkyl halides is 3. The van der Waals surface area contributed by atoms with Crippen molar-refractivity contribution in [3.8, 4) is 17.1 Å². The van der Waals surface area contributed by atoms with Crippen molar-refractivity contribution < 1.29 is 25.8 Å². The highest BCUT2D eigenvalue weighted by molar-refractivity contribution is 7.87. The second kappa shape index (κ2) is 4.78. The van der Waals surface area contributed by atoms with Crippen LogP contribution in [0.25, 0.3) is 11.3 Å².